The molecule has 0 aromatic heterocycles. The van der Waals surface area contributed by atoms with E-state index in [1.165, 1.54) is 5.56 Å². The third-order valence-electron chi connectivity index (χ3n) is 5.84. The summed E-state index contributed by atoms with van der Waals surface area (Å²) in [5.41, 5.74) is 3.34. The van der Waals surface area contributed by atoms with Gasteiger partial charge in [0.15, 0.2) is 6.61 Å². The molecule has 5 nitrogen and oxygen atoms in total. The Kier molecular flexibility index (Phi) is 6.54. The van der Waals surface area contributed by atoms with E-state index in [1.807, 2.05) is 19.9 Å². The summed E-state index contributed by atoms with van der Waals surface area (Å²) in [4.78, 5) is 12.5. The van der Waals surface area contributed by atoms with Crippen molar-refractivity contribution in [3.8, 4) is 5.75 Å². The van der Waals surface area contributed by atoms with Gasteiger partial charge in [-0.15, -0.1) is 0 Å². The summed E-state index contributed by atoms with van der Waals surface area (Å²) in [7, 11) is 0. The maximum Gasteiger partial charge on any atom is 0.258 e. The summed E-state index contributed by atoms with van der Waals surface area (Å²) < 4.78 is 17.0. The van der Waals surface area contributed by atoms with Gasteiger partial charge in [-0.05, 0) is 62.6 Å². The number of carbonyl (C=O) groups is 1. The molecule has 2 fully saturated rings. The zero-order valence-electron chi connectivity index (χ0n) is 16.2. The summed E-state index contributed by atoms with van der Waals surface area (Å²) in [6.07, 6.45) is 2.98. The van der Waals surface area contributed by atoms with E-state index in [1.54, 1.807) is 0 Å². The second-order valence-corrected chi connectivity index (χ2v) is 7.59. The van der Waals surface area contributed by atoms with Crippen molar-refractivity contribution >= 4 is 5.91 Å². The van der Waals surface area contributed by atoms with Gasteiger partial charge in [0, 0.05) is 31.8 Å². The Balaban J connectivity index is 1.57. The molecule has 5 heteroatoms. The quantitative estimate of drug-likeness (QED) is 0.876. The lowest BCUT2D eigenvalue weighted by molar-refractivity contribution is -0.125. The van der Waals surface area contributed by atoms with Crippen molar-refractivity contribution in [1.82, 2.24) is 5.32 Å². The van der Waals surface area contributed by atoms with E-state index in [9.17, 15) is 4.79 Å². The lowest BCUT2D eigenvalue weighted by Gasteiger charge is -2.39. The van der Waals surface area contributed by atoms with Crippen LogP contribution in [0.15, 0.2) is 12.1 Å². The van der Waals surface area contributed by atoms with Crippen LogP contribution in [-0.2, 0) is 14.3 Å². The van der Waals surface area contributed by atoms with Gasteiger partial charge < -0.3 is 19.5 Å². The van der Waals surface area contributed by atoms with Gasteiger partial charge in [-0.2, -0.15) is 0 Å². The van der Waals surface area contributed by atoms with Crippen molar-refractivity contribution in [2.24, 2.45) is 11.8 Å². The van der Waals surface area contributed by atoms with E-state index >= 15 is 0 Å². The number of hydrogen-bond acceptors (Lipinski definition) is 4. The SMILES string of the molecule is Cc1ccc(C)c(OCC(=O)N[C@@H]2CCOC[C@@H]2C2CCOCC2)c1C. The number of benzene rings is 1. The van der Waals surface area contributed by atoms with Crippen molar-refractivity contribution in [3.63, 3.8) is 0 Å². The maximum absolute atomic E-state index is 12.5. The molecule has 0 aliphatic carbocycles. The maximum atomic E-state index is 12.5. The molecule has 2 heterocycles. The van der Waals surface area contributed by atoms with Crippen LogP contribution in [-0.4, -0.2) is 45.0 Å². The number of carbonyl (C=O) groups excluding carboxylic acids is 1. The fourth-order valence-electron chi connectivity index (χ4n) is 4.08. The number of ether oxygens (including phenoxy) is 3. The molecule has 1 amide bonds. The van der Waals surface area contributed by atoms with Gasteiger partial charge in [0.1, 0.15) is 5.75 Å². The fourth-order valence-corrected chi connectivity index (χ4v) is 4.08. The van der Waals surface area contributed by atoms with E-state index in [-0.39, 0.29) is 18.6 Å². The number of aryl methyl sites for hydroxylation is 2. The monoisotopic (exact) mass is 361 g/mol. The molecule has 2 aliphatic heterocycles. The van der Waals surface area contributed by atoms with Gasteiger partial charge in [0.2, 0.25) is 0 Å². The normalized spacial score (nSPS) is 24.3. The topological polar surface area (TPSA) is 56.8 Å². The van der Waals surface area contributed by atoms with Gasteiger partial charge in [-0.1, -0.05) is 12.1 Å². The number of rotatable bonds is 5. The lowest BCUT2D eigenvalue weighted by atomic mass is 9.79. The minimum atomic E-state index is -0.0470. The van der Waals surface area contributed by atoms with E-state index in [4.69, 9.17) is 14.2 Å². The van der Waals surface area contributed by atoms with Crippen molar-refractivity contribution in [3.05, 3.63) is 28.8 Å². The molecule has 3 rings (SSSR count). The summed E-state index contributed by atoms with van der Waals surface area (Å²) in [6.45, 7) is 9.24. The number of amides is 1. The molecule has 2 aliphatic rings. The van der Waals surface area contributed by atoms with Crippen molar-refractivity contribution in [2.75, 3.05) is 33.0 Å². The van der Waals surface area contributed by atoms with Crippen LogP contribution < -0.4 is 10.1 Å². The van der Waals surface area contributed by atoms with Gasteiger partial charge in [-0.3, -0.25) is 4.79 Å². The Morgan fingerprint density at radius 2 is 1.77 bits per heavy atom. The Labute approximate surface area is 156 Å². The van der Waals surface area contributed by atoms with E-state index in [0.29, 0.717) is 18.4 Å². The molecule has 1 aromatic rings. The average Bonchev–Trinajstić information content (AvgIpc) is 2.66. The van der Waals surface area contributed by atoms with Crippen molar-refractivity contribution in [2.45, 2.75) is 46.1 Å². The van der Waals surface area contributed by atoms with E-state index < -0.39 is 0 Å². The van der Waals surface area contributed by atoms with Crippen LogP contribution in [0.1, 0.15) is 36.0 Å². The summed E-state index contributed by atoms with van der Waals surface area (Å²) in [5, 5.41) is 3.21. The highest BCUT2D eigenvalue weighted by Crippen LogP contribution is 2.30. The first kappa shape index (κ1) is 19.2. The first-order valence-corrected chi connectivity index (χ1v) is 9.70. The molecular weight excluding hydrogens is 330 g/mol. The highest BCUT2D eigenvalue weighted by atomic mass is 16.5. The number of hydrogen-bond donors (Lipinski definition) is 1. The minimum Gasteiger partial charge on any atom is -0.483 e. The first-order chi connectivity index (χ1) is 12.6. The van der Waals surface area contributed by atoms with Gasteiger partial charge in [0.25, 0.3) is 5.91 Å². The molecule has 0 spiro atoms. The Hall–Kier alpha value is -1.59. The van der Waals surface area contributed by atoms with Crippen LogP contribution in [0.4, 0.5) is 0 Å². The third kappa shape index (κ3) is 4.57. The Morgan fingerprint density at radius 3 is 2.54 bits per heavy atom. The molecule has 26 heavy (non-hydrogen) atoms. The second-order valence-electron chi connectivity index (χ2n) is 7.59. The van der Waals surface area contributed by atoms with E-state index in [0.717, 1.165) is 56.0 Å². The molecule has 0 unspecified atom stereocenters. The molecule has 1 N–H and O–H groups in total. The van der Waals surface area contributed by atoms with Crippen LogP contribution in [0.3, 0.4) is 0 Å². The van der Waals surface area contributed by atoms with Gasteiger partial charge >= 0.3 is 0 Å². The van der Waals surface area contributed by atoms with Crippen LogP contribution in [0.5, 0.6) is 5.75 Å². The van der Waals surface area contributed by atoms with Crippen LogP contribution in [0, 0.1) is 32.6 Å². The molecule has 0 radical (unpaired) electrons. The molecule has 0 bridgehead atoms. The molecule has 2 saturated heterocycles. The molecule has 144 valence electrons. The summed E-state index contributed by atoms with van der Waals surface area (Å²) in [6, 6.07) is 4.29. The van der Waals surface area contributed by atoms with Crippen LogP contribution >= 0.6 is 0 Å². The average molecular weight is 361 g/mol. The van der Waals surface area contributed by atoms with Crippen molar-refractivity contribution in [1.29, 1.82) is 0 Å². The van der Waals surface area contributed by atoms with Gasteiger partial charge in [-0.25, -0.2) is 0 Å². The van der Waals surface area contributed by atoms with E-state index in [2.05, 4.69) is 18.3 Å². The summed E-state index contributed by atoms with van der Waals surface area (Å²) >= 11 is 0. The van der Waals surface area contributed by atoms with Crippen LogP contribution in [0.25, 0.3) is 0 Å². The highest BCUT2D eigenvalue weighted by molar-refractivity contribution is 5.78. The molecule has 1 aromatic carbocycles. The predicted octanol–water partition coefficient (Wildman–Crippen LogP) is 2.94. The zero-order valence-corrected chi connectivity index (χ0v) is 16.2. The second kappa shape index (κ2) is 8.87. The van der Waals surface area contributed by atoms with Gasteiger partial charge in [0.05, 0.1) is 6.61 Å². The van der Waals surface area contributed by atoms with Crippen molar-refractivity contribution < 1.29 is 19.0 Å². The zero-order chi connectivity index (χ0) is 18.5. The Bertz CT molecular complexity index is 625. The Morgan fingerprint density at radius 1 is 1.08 bits per heavy atom. The fraction of sp³-hybridized carbons (Fsp3) is 0.667. The summed E-state index contributed by atoms with van der Waals surface area (Å²) in [5.74, 6) is 1.72. The lowest BCUT2D eigenvalue weighted by Crippen LogP contribution is -2.50. The predicted molar refractivity (Wildman–Crippen MR) is 101 cm³/mol. The highest BCUT2D eigenvalue weighted by Gasteiger charge is 2.34. The standard InChI is InChI=1S/C21H31NO4/c1-14-4-5-15(2)21(16(14)3)26-13-20(23)22-19-8-11-25-12-18(19)17-6-9-24-10-7-17/h4-5,17-19H,6-13H2,1-3H3,(H,22,23)/t18-,19-/m1/s1. The smallest absolute Gasteiger partial charge is 0.258 e. The molecular formula is C21H31NO4. The molecule has 0 saturated carbocycles. The first-order valence-electron chi connectivity index (χ1n) is 9.70. The van der Waals surface area contributed by atoms with Crippen LogP contribution in [0.2, 0.25) is 0 Å². The third-order valence-corrected chi connectivity index (χ3v) is 5.84. The number of nitrogens with one attached hydrogen (secondary N) is 1. The largest absolute Gasteiger partial charge is 0.483 e. The minimum absolute atomic E-state index is 0.0470. The molecule has 2 atom stereocenters.